The lowest BCUT2D eigenvalue weighted by Crippen LogP contribution is -2.39. The van der Waals surface area contributed by atoms with Crippen molar-refractivity contribution in [2.45, 2.75) is 6.92 Å². The number of quaternary nitrogens is 1. The van der Waals surface area contributed by atoms with Crippen LogP contribution in [-0.2, 0) is 14.3 Å². The van der Waals surface area contributed by atoms with Crippen molar-refractivity contribution < 1.29 is 29.5 Å². The summed E-state index contributed by atoms with van der Waals surface area (Å²) in [5, 5.41) is 2.01. The molecule has 2 aromatic heterocycles. The van der Waals surface area contributed by atoms with Crippen LogP contribution in [0, 0.1) is 0 Å². The summed E-state index contributed by atoms with van der Waals surface area (Å²) in [5.74, 6) is -0.606. The number of carbonyl (C=O) groups is 2. The van der Waals surface area contributed by atoms with Gasteiger partial charge in [-0.2, -0.15) is 0 Å². The van der Waals surface area contributed by atoms with E-state index in [1.165, 1.54) is 29.8 Å². The van der Waals surface area contributed by atoms with Gasteiger partial charge in [-0.05, 0) is 18.6 Å². The van der Waals surface area contributed by atoms with Crippen LogP contribution in [0.5, 0.6) is 5.75 Å². The van der Waals surface area contributed by atoms with Crippen LogP contribution >= 0.6 is 22.7 Å². The van der Waals surface area contributed by atoms with Gasteiger partial charge in [0.25, 0.3) is 0 Å². The average Bonchev–Trinajstić information content (AvgIpc) is 3.18. The largest absolute Gasteiger partial charge is 0.479 e. The maximum atomic E-state index is 12.2. The number of hydrogen-bond donors (Lipinski definition) is 1. The molecular weight excluding hydrogens is 374 g/mol. The number of hydrogen-bond acceptors (Lipinski definition) is 7. The molecule has 0 aliphatic rings. The minimum Gasteiger partial charge on any atom is -0.479 e. The predicted octanol–water partition coefficient (Wildman–Crippen LogP) is 3.23. The Labute approximate surface area is 158 Å². The van der Waals surface area contributed by atoms with Crippen molar-refractivity contribution in [3.63, 3.8) is 0 Å². The van der Waals surface area contributed by atoms with Crippen LogP contribution in [0.4, 0.5) is 5.69 Å². The van der Waals surface area contributed by atoms with Gasteiger partial charge in [0, 0.05) is 17.0 Å². The third-order valence-electron chi connectivity index (χ3n) is 3.61. The second-order valence-electron chi connectivity index (χ2n) is 5.35. The molecule has 0 aliphatic heterocycles. The molecule has 26 heavy (non-hydrogen) atoms. The highest BCUT2D eigenvalue weighted by Gasteiger charge is 2.25. The van der Waals surface area contributed by atoms with E-state index >= 15 is 0 Å². The molecule has 136 valence electrons. The molecular formula is C18H18NO5S2+. The lowest BCUT2D eigenvalue weighted by atomic mass is 10.1. The highest BCUT2D eigenvalue weighted by molar-refractivity contribution is 7.29. The summed E-state index contributed by atoms with van der Waals surface area (Å²) in [6, 6.07) is 7.84. The molecule has 0 bridgehead atoms. The van der Waals surface area contributed by atoms with Crippen LogP contribution in [0.2, 0.25) is 0 Å². The minimum absolute atomic E-state index is 0.259. The van der Waals surface area contributed by atoms with Crippen molar-refractivity contribution >= 4 is 49.7 Å². The van der Waals surface area contributed by atoms with E-state index in [2.05, 4.69) is 5.73 Å². The fraction of sp³-hybridized carbons (Fsp3) is 0.222. The zero-order chi connectivity index (χ0) is 18.7. The van der Waals surface area contributed by atoms with Crippen LogP contribution in [0.25, 0.3) is 20.5 Å². The Bertz CT molecular complexity index is 960. The first-order valence-corrected chi connectivity index (χ1v) is 9.57. The van der Waals surface area contributed by atoms with Gasteiger partial charge in [0.1, 0.15) is 5.69 Å². The standard InChI is InChI=1S/C18H17NO5S2/c1-3-23-13(20)8-24-14-16-15(26-17(14)18(21)22-2)12(9-25-16)10-5-4-6-11(19)7-10/h4-7,9H,3,8,19H2,1-2H3/p+1. The zero-order valence-corrected chi connectivity index (χ0v) is 16.0. The molecule has 0 radical (unpaired) electrons. The molecule has 0 saturated heterocycles. The Balaban J connectivity index is 2.05. The highest BCUT2D eigenvalue weighted by atomic mass is 32.1. The number of carbonyl (C=O) groups excluding carboxylic acids is 2. The summed E-state index contributed by atoms with van der Waals surface area (Å²) >= 11 is 2.75. The third-order valence-corrected chi connectivity index (χ3v) is 5.90. The fourth-order valence-electron chi connectivity index (χ4n) is 2.49. The predicted molar refractivity (Wildman–Crippen MR) is 101 cm³/mol. The first-order chi connectivity index (χ1) is 12.5. The van der Waals surface area contributed by atoms with Gasteiger partial charge in [-0.1, -0.05) is 12.1 Å². The number of methoxy groups -OCH3 is 1. The molecule has 3 aromatic rings. The van der Waals surface area contributed by atoms with Gasteiger partial charge in [-0.15, -0.1) is 22.7 Å². The Kier molecular flexibility index (Phi) is 5.55. The van der Waals surface area contributed by atoms with E-state index in [0.29, 0.717) is 10.6 Å². The van der Waals surface area contributed by atoms with E-state index in [9.17, 15) is 9.59 Å². The van der Waals surface area contributed by atoms with Crippen LogP contribution in [0.3, 0.4) is 0 Å². The van der Waals surface area contributed by atoms with Crippen molar-refractivity contribution in [1.29, 1.82) is 0 Å². The van der Waals surface area contributed by atoms with Gasteiger partial charge in [-0.25, -0.2) is 9.59 Å². The molecule has 0 amide bonds. The Morgan fingerprint density at radius 3 is 2.73 bits per heavy atom. The number of ether oxygens (including phenoxy) is 3. The van der Waals surface area contributed by atoms with Crippen molar-refractivity contribution in [1.82, 2.24) is 0 Å². The van der Waals surface area contributed by atoms with E-state index in [4.69, 9.17) is 14.2 Å². The Hall–Kier alpha value is -2.42. The summed E-state index contributed by atoms with van der Waals surface area (Å²) < 4.78 is 17.1. The van der Waals surface area contributed by atoms with Gasteiger partial charge in [0.15, 0.2) is 17.2 Å². The molecule has 0 saturated carbocycles. The molecule has 0 spiro atoms. The molecule has 6 nitrogen and oxygen atoms in total. The monoisotopic (exact) mass is 392 g/mol. The number of fused-ring (bicyclic) bond motifs is 1. The first-order valence-electron chi connectivity index (χ1n) is 7.88. The number of thiophene rings is 2. The molecule has 3 rings (SSSR count). The molecule has 3 N–H and O–H groups in total. The SMILES string of the molecule is CCOC(=O)COc1c(C(=O)OC)sc2c(-c3cccc([NH3+])c3)csc12. The second-order valence-corrected chi connectivity index (χ2v) is 7.25. The quantitative estimate of drug-likeness (QED) is 0.651. The topological polar surface area (TPSA) is 89.5 Å². The average molecular weight is 392 g/mol. The van der Waals surface area contributed by atoms with Crippen LogP contribution < -0.4 is 10.5 Å². The van der Waals surface area contributed by atoms with E-state index in [1.807, 2.05) is 29.6 Å². The van der Waals surface area contributed by atoms with Crippen molar-refractivity contribution in [3.05, 3.63) is 34.5 Å². The van der Waals surface area contributed by atoms with Gasteiger partial charge >= 0.3 is 11.9 Å². The van der Waals surface area contributed by atoms with E-state index < -0.39 is 11.9 Å². The van der Waals surface area contributed by atoms with E-state index in [0.717, 1.165) is 26.2 Å². The summed E-state index contributed by atoms with van der Waals surface area (Å²) in [5.41, 5.74) is 6.88. The van der Waals surface area contributed by atoms with Crippen molar-refractivity contribution in [2.24, 2.45) is 0 Å². The summed E-state index contributed by atoms with van der Waals surface area (Å²) in [6.07, 6.45) is 0. The van der Waals surface area contributed by atoms with Gasteiger partial charge in [0.2, 0.25) is 0 Å². The van der Waals surface area contributed by atoms with Gasteiger partial charge in [-0.3, -0.25) is 0 Å². The Morgan fingerprint density at radius 2 is 2.04 bits per heavy atom. The molecule has 1 aromatic carbocycles. The number of rotatable bonds is 6. The molecule has 0 unspecified atom stereocenters. The van der Waals surface area contributed by atoms with E-state index in [-0.39, 0.29) is 13.2 Å². The first kappa shape index (κ1) is 18.4. The molecule has 0 fully saturated rings. The Morgan fingerprint density at radius 1 is 1.23 bits per heavy atom. The molecule has 8 heteroatoms. The smallest absolute Gasteiger partial charge is 0.351 e. The van der Waals surface area contributed by atoms with Crippen molar-refractivity contribution in [2.75, 3.05) is 20.3 Å². The maximum absolute atomic E-state index is 12.2. The third kappa shape index (κ3) is 3.57. The highest BCUT2D eigenvalue weighted by Crippen LogP contribution is 2.47. The summed E-state index contributed by atoms with van der Waals surface area (Å²) in [7, 11) is 1.32. The minimum atomic E-state index is -0.492. The van der Waals surface area contributed by atoms with Gasteiger partial charge < -0.3 is 19.9 Å². The lowest BCUT2D eigenvalue weighted by Gasteiger charge is -2.06. The van der Waals surface area contributed by atoms with E-state index in [1.54, 1.807) is 6.92 Å². The van der Waals surface area contributed by atoms with Gasteiger partial charge in [0.05, 0.1) is 23.1 Å². The number of esters is 2. The zero-order valence-electron chi connectivity index (χ0n) is 14.4. The second kappa shape index (κ2) is 7.86. The van der Waals surface area contributed by atoms with Crippen LogP contribution in [0.15, 0.2) is 29.6 Å². The van der Waals surface area contributed by atoms with Crippen LogP contribution in [-0.4, -0.2) is 32.3 Å². The molecule has 0 atom stereocenters. The maximum Gasteiger partial charge on any atom is 0.351 e. The van der Waals surface area contributed by atoms with Crippen molar-refractivity contribution in [3.8, 4) is 16.9 Å². The van der Waals surface area contributed by atoms with Crippen LogP contribution in [0.1, 0.15) is 16.6 Å². The lowest BCUT2D eigenvalue weighted by molar-refractivity contribution is -0.254. The fourth-order valence-corrected chi connectivity index (χ4v) is 4.97. The normalized spacial score (nSPS) is 10.7. The molecule has 0 aliphatic carbocycles. The molecule has 2 heterocycles. The number of benzene rings is 1. The summed E-state index contributed by atoms with van der Waals surface area (Å²) in [4.78, 5) is 24.1. The summed E-state index contributed by atoms with van der Waals surface area (Å²) in [6.45, 7) is 1.74.